The van der Waals surface area contributed by atoms with Gasteiger partial charge in [0.15, 0.2) is 6.10 Å². The second-order valence-corrected chi connectivity index (χ2v) is 3.21. The quantitative estimate of drug-likeness (QED) is 0.832. The van der Waals surface area contributed by atoms with E-state index in [-0.39, 0.29) is 5.91 Å². The molecule has 1 aromatic rings. The maximum Gasteiger partial charge on any atom is 0.260 e. The molecule has 0 aliphatic heterocycles. The third-order valence-corrected chi connectivity index (χ3v) is 2.07. The van der Waals surface area contributed by atoms with Crippen molar-refractivity contribution in [3.63, 3.8) is 0 Å². The van der Waals surface area contributed by atoms with E-state index < -0.39 is 6.10 Å². The molecule has 0 aromatic heterocycles. The van der Waals surface area contributed by atoms with Crippen molar-refractivity contribution in [1.29, 1.82) is 0 Å². The fraction of sp³-hybridized carbons (Fsp3) is 0.300. The standard InChI is InChI=1S/C10H12ClNO2/c1-7(10(13)12-2)14-9-6-4-3-5-8(9)11/h3-7H,1-2H3,(H,12,13)/t7-/m0/s1. The molecule has 0 fully saturated rings. The second kappa shape index (κ2) is 4.86. The molecule has 14 heavy (non-hydrogen) atoms. The van der Waals surface area contributed by atoms with Crippen LogP contribution >= 0.6 is 11.6 Å². The Kier molecular flexibility index (Phi) is 3.77. The molecule has 0 heterocycles. The number of para-hydroxylation sites is 1. The summed E-state index contributed by atoms with van der Waals surface area (Å²) in [5, 5.41) is 3.00. The van der Waals surface area contributed by atoms with Crippen molar-refractivity contribution in [3.8, 4) is 5.75 Å². The minimum absolute atomic E-state index is 0.176. The number of halogens is 1. The van der Waals surface area contributed by atoms with Crippen LogP contribution in [0.15, 0.2) is 24.3 Å². The van der Waals surface area contributed by atoms with E-state index >= 15 is 0 Å². The van der Waals surface area contributed by atoms with Crippen molar-refractivity contribution < 1.29 is 9.53 Å². The summed E-state index contributed by atoms with van der Waals surface area (Å²) >= 11 is 5.86. The average molecular weight is 214 g/mol. The lowest BCUT2D eigenvalue weighted by molar-refractivity contribution is -0.126. The summed E-state index contributed by atoms with van der Waals surface area (Å²) in [5.74, 6) is 0.343. The van der Waals surface area contributed by atoms with E-state index in [1.54, 1.807) is 38.2 Å². The predicted octanol–water partition coefficient (Wildman–Crippen LogP) is 1.85. The first kappa shape index (κ1) is 10.9. The highest BCUT2D eigenvalue weighted by Crippen LogP contribution is 2.24. The van der Waals surface area contributed by atoms with Crippen LogP contribution in [-0.4, -0.2) is 19.1 Å². The van der Waals surface area contributed by atoms with E-state index in [9.17, 15) is 4.79 Å². The van der Waals surface area contributed by atoms with Gasteiger partial charge in [0.2, 0.25) is 0 Å². The Morgan fingerprint density at radius 2 is 2.14 bits per heavy atom. The van der Waals surface area contributed by atoms with Gasteiger partial charge in [0.25, 0.3) is 5.91 Å². The van der Waals surface area contributed by atoms with Crippen LogP contribution in [0.1, 0.15) is 6.92 Å². The summed E-state index contributed by atoms with van der Waals surface area (Å²) < 4.78 is 5.35. The van der Waals surface area contributed by atoms with E-state index in [1.165, 1.54) is 0 Å². The van der Waals surface area contributed by atoms with Crippen LogP contribution in [0.3, 0.4) is 0 Å². The van der Waals surface area contributed by atoms with Crippen LogP contribution in [0.5, 0.6) is 5.75 Å². The molecule has 1 N–H and O–H groups in total. The highest BCUT2D eigenvalue weighted by atomic mass is 35.5. The normalized spacial score (nSPS) is 11.9. The van der Waals surface area contributed by atoms with Crippen molar-refractivity contribution in [1.82, 2.24) is 5.32 Å². The van der Waals surface area contributed by atoms with Crippen LogP contribution < -0.4 is 10.1 Å². The second-order valence-electron chi connectivity index (χ2n) is 2.80. The fourth-order valence-electron chi connectivity index (χ4n) is 0.988. The Morgan fingerprint density at radius 1 is 1.50 bits per heavy atom. The van der Waals surface area contributed by atoms with E-state index in [2.05, 4.69) is 5.32 Å². The maximum atomic E-state index is 11.1. The predicted molar refractivity (Wildman–Crippen MR) is 55.6 cm³/mol. The summed E-state index contributed by atoms with van der Waals surface area (Å²) in [6.07, 6.45) is -0.542. The lowest BCUT2D eigenvalue weighted by Crippen LogP contribution is -2.33. The molecule has 0 unspecified atom stereocenters. The van der Waals surface area contributed by atoms with Crippen molar-refractivity contribution in [3.05, 3.63) is 29.3 Å². The summed E-state index contributed by atoms with van der Waals surface area (Å²) in [7, 11) is 1.56. The summed E-state index contributed by atoms with van der Waals surface area (Å²) in [5.41, 5.74) is 0. The Morgan fingerprint density at radius 3 is 2.71 bits per heavy atom. The number of likely N-dealkylation sites (N-methyl/N-ethyl adjacent to an activating group) is 1. The number of hydrogen-bond acceptors (Lipinski definition) is 2. The van der Waals surface area contributed by atoms with E-state index in [4.69, 9.17) is 16.3 Å². The maximum absolute atomic E-state index is 11.1. The van der Waals surface area contributed by atoms with E-state index in [1.807, 2.05) is 0 Å². The summed E-state index contributed by atoms with van der Waals surface area (Å²) in [4.78, 5) is 11.1. The smallest absolute Gasteiger partial charge is 0.260 e. The first-order chi connectivity index (χ1) is 6.65. The molecular weight excluding hydrogens is 202 g/mol. The number of ether oxygens (including phenoxy) is 1. The van der Waals surface area contributed by atoms with Crippen LogP contribution in [0.25, 0.3) is 0 Å². The van der Waals surface area contributed by atoms with Crippen molar-refractivity contribution in [2.75, 3.05) is 7.05 Å². The molecule has 0 spiro atoms. The van der Waals surface area contributed by atoms with Gasteiger partial charge in [-0.1, -0.05) is 23.7 Å². The minimum atomic E-state index is -0.542. The molecule has 1 amide bonds. The molecule has 3 nitrogen and oxygen atoms in total. The summed E-state index contributed by atoms with van der Waals surface area (Å²) in [6, 6.07) is 7.05. The van der Waals surface area contributed by atoms with Crippen molar-refractivity contribution in [2.45, 2.75) is 13.0 Å². The topological polar surface area (TPSA) is 38.3 Å². The average Bonchev–Trinajstić information content (AvgIpc) is 2.20. The number of carbonyl (C=O) groups is 1. The molecule has 4 heteroatoms. The molecule has 76 valence electrons. The first-order valence-electron chi connectivity index (χ1n) is 4.28. The SMILES string of the molecule is CNC(=O)[C@H](C)Oc1ccccc1Cl. The van der Waals surface area contributed by atoms with Gasteiger partial charge in [-0.05, 0) is 19.1 Å². The molecular formula is C10H12ClNO2. The zero-order valence-corrected chi connectivity index (χ0v) is 8.84. The van der Waals surface area contributed by atoms with Gasteiger partial charge in [-0.15, -0.1) is 0 Å². The fourth-order valence-corrected chi connectivity index (χ4v) is 1.17. The highest BCUT2D eigenvalue weighted by molar-refractivity contribution is 6.32. The van der Waals surface area contributed by atoms with Gasteiger partial charge in [-0.3, -0.25) is 4.79 Å². The molecule has 1 aromatic carbocycles. The van der Waals surface area contributed by atoms with Crippen LogP contribution in [0.4, 0.5) is 0 Å². The highest BCUT2D eigenvalue weighted by Gasteiger charge is 2.13. The number of carbonyl (C=O) groups excluding carboxylic acids is 1. The Labute approximate surface area is 88.0 Å². The molecule has 0 aliphatic rings. The monoisotopic (exact) mass is 213 g/mol. The van der Waals surface area contributed by atoms with Gasteiger partial charge in [0.1, 0.15) is 5.75 Å². The molecule has 0 saturated carbocycles. The third-order valence-electron chi connectivity index (χ3n) is 1.76. The lowest BCUT2D eigenvalue weighted by Gasteiger charge is -2.13. The number of benzene rings is 1. The van der Waals surface area contributed by atoms with Crippen LogP contribution in [-0.2, 0) is 4.79 Å². The Hall–Kier alpha value is -1.22. The molecule has 0 bridgehead atoms. The molecule has 0 saturated heterocycles. The van der Waals surface area contributed by atoms with Gasteiger partial charge in [0, 0.05) is 7.05 Å². The molecule has 1 atom stereocenters. The van der Waals surface area contributed by atoms with Crippen LogP contribution in [0, 0.1) is 0 Å². The van der Waals surface area contributed by atoms with Crippen LogP contribution in [0.2, 0.25) is 5.02 Å². The van der Waals surface area contributed by atoms with Gasteiger partial charge in [-0.2, -0.15) is 0 Å². The minimum Gasteiger partial charge on any atom is -0.479 e. The Bertz CT molecular complexity index is 328. The lowest BCUT2D eigenvalue weighted by atomic mass is 10.3. The molecule has 0 aliphatic carbocycles. The Balaban J connectivity index is 2.69. The van der Waals surface area contributed by atoms with Gasteiger partial charge >= 0.3 is 0 Å². The van der Waals surface area contributed by atoms with Crippen molar-refractivity contribution >= 4 is 17.5 Å². The number of nitrogens with one attached hydrogen (secondary N) is 1. The van der Waals surface area contributed by atoms with Crippen molar-refractivity contribution in [2.24, 2.45) is 0 Å². The van der Waals surface area contributed by atoms with Gasteiger partial charge in [0.05, 0.1) is 5.02 Å². The number of hydrogen-bond donors (Lipinski definition) is 1. The van der Waals surface area contributed by atoms with Gasteiger partial charge in [-0.25, -0.2) is 0 Å². The molecule has 1 rings (SSSR count). The third kappa shape index (κ3) is 2.64. The largest absolute Gasteiger partial charge is 0.479 e. The number of amides is 1. The summed E-state index contributed by atoms with van der Waals surface area (Å²) in [6.45, 7) is 1.67. The zero-order chi connectivity index (χ0) is 10.6. The van der Waals surface area contributed by atoms with E-state index in [0.717, 1.165) is 0 Å². The van der Waals surface area contributed by atoms with E-state index in [0.29, 0.717) is 10.8 Å². The first-order valence-corrected chi connectivity index (χ1v) is 4.65. The van der Waals surface area contributed by atoms with Gasteiger partial charge < -0.3 is 10.1 Å². The number of rotatable bonds is 3. The molecule has 0 radical (unpaired) electrons. The zero-order valence-electron chi connectivity index (χ0n) is 8.08.